The molecule has 2 spiro atoms. The topological polar surface area (TPSA) is 96.0 Å². The molecule has 4 rings (SSSR count). The van der Waals surface area contributed by atoms with Crippen LogP contribution in [0.2, 0.25) is 0 Å². The van der Waals surface area contributed by atoms with Gasteiger partial charge in [-0.2, -0.15) is 0 Å². The number of carbonyl (C=O) groups is 4. The first-order valence-corrected chi connectivity index (χ1v) is 12.1. The van der Waals surface area contributed by atoms with Crippen molar-refractivity contribution in [3.8, 4) is 0 Å². The van der Waals surface area contributed by atoms with Gasteiger partial charge < -0.3 is 19.9 Å². The van der Waals surface area contributed by atoms with Crippen molar-refractivity contribution in [1.29, 1.82) is 0 Å². The molecule has 0 radical (unpaired) electrons. The molecule has 4 aliphatic heterocycles. The third kappa shape index (κ3) is 4.52. The predicted molar refractivity (Wildman–Crippen MR) is 124 cm³/mol. The minimum absolute atomic E-state index is 0.0367. The highest BCUT2D eigenvalue weighted by Gasteiger charge is 2.56. The van der Waals surface area contributed by atoms with E-state index in [1.807, 2.05) is 38.7 Å². The molecule has 184 valence electrons. The molecule has 2 amide bonds. The van der Waals surface area contributed by atoms with Crippen molar-refractivity contribution in [3.63, 3.8) is 0 Å². The number of amides is 2. The number of likely N-dealkylation sites (tertiary alicyclic amines) is 1. The molecule has 4 aliphatic rings. The number of hydrogen-bond acceptors (Lipinski definition) is 6. The van der Waals surface area contributed by atoms with Gasteiger partial charge >= 0.3 is 0 Å². The van der Waals surface area contributed by atoms with Crippen molar-refractivity contribution < 1.29 is 23.9 Å². The number of carbonyl (C=O) groups excluding carboxylic acids is 4. The summed E-state index contributed by atoms with van der Waals surface area (Å²) < 4.78 is 5.21. The number of ketones is 2. The molecule has 3 saturated heterocycles. The van der Waals surface area contributed by atoms with Gasteiger partial charge in [0.1, 0.15) is 17.1 Å². The number of nitrogens with zero attached hydrogens (tertiary/aromatic N) is 2. The minimum atomic E-state index is -0.423. The predicted octanol–water partition coefficient (Wildman–Crippen LogP) is 1.64. The van der Waals surface area contributed by atoms with E-state index in [9.17, 15) is 19.2 Å². The summed E-state index contributed by atoms with van der Waals surface area (Å²) in [7, 11) is 0. The number of Topliss-reactive ketones (excluding diaryl/α,β-unsaturated/α-hetero) is 2. The van der Waals surface area contributed by atoms with Crippen LogP contribution < -0.4 is 5.32 Å². The van der Waals surface area contributed by atoms with E-state index in [0.717, 1.165) is 26.1 Å². The molecular formula is C25H39N3O5. The summed E-state index contributed by atoms with van der Waals surface area (Å²) in [6, 6.07) is 0. The Hall–Kier alpha value is -2.06. The highest BCUT2D eigenvalue weighted by atomic mass is 16.5. The van der Waals surface area contributed by atoms with Gasteiger partial charge in [-0.15, -0.1) is 0 Å². The molecule has 0 aliphatic carbocycles. The van der Waals surface area contributed by atoms with Gasteiger partial charge in [0.15, 0.2) is 0 Å². The highest BCUT2D eigenvalue weighted by molar-refractivity contribution is 5.87. The van der Waals surface area contributed by atoms with Crippen LogP contribution in [0.3, 0.4) is 0 Å². The van der Waals surface area contributed by atoms with Gasteiger partial charge in [0, 0.05) is 55.5 Å². The van der Waals surface area contributed by atoms with Crippen molar-refractivity contribution in [3.05, 3.63) is 12.3 Å². The molecule has 1 N–H and O–H groups in total. The molecular weight excluding hydrogens is 422 g/mol. The first-order chi connectivity index (χ1) is 15.5. The maximum atomic E-state index is 12.2. The fraction of sp³-hybridized carbons (Fsp3) is 0.760. The first-order valence-electron chi connectivity index (χ1n) is 12.1. The van der Waals surface area contributed by atoms with Crippen LogP contribution in [0.15, 0.2) is 12.3 Å². The second-order valence-corrected chi connectivity index (χ2v) is 10.5. The van der Waals surface area contributed by atoms with Crippen molar-refractivity contribution in [2.45, 2.75) is 53.5 Å². The Morgan fingerprint density at radius 3 is 2.06 bits per heavy atom. The Morgan fingerprint density at radius 2 is 1.70 bits per heavy atom. The molecule has 4 heterocycles. The molecule has 3 unspecified atom stereocenters. The van der Waals surface area contributed by atoms with Crippen molar-refractivity contribution in [1.82, 2.24) is 15.1 Å². The molecule has 3 fully saturated rings. The molecule has 33 heavy (non-hydrogen) atoms. The second kappa shape index (κ2) is 9.66. The van der Waals surface area contributed by atoms with Gasteiger partial charge in [0.2, 0.25) is 11.8 Å². The Labute approximate surface area is 197 Å². The molecule has 3 atom stereocenters. The average Bonchev–Trinajstić information content (AvgIpc) is 3.32. The zero-order chi connectivity index (χ0) is 24.6. The third-order valence-corrected chi connectivity index (χ3v) is 7.80. The Morgan fingerprint density at radius 1 is 1.06 bits per heavy atom. The molecule has 0 saturated carbocycles. The van der Waals surface area contributed by atoms with Crippen LogP contribution in [0, 0.1) is 29.1 Å². The van der Waals surface area contributed by atoms with Crippen LogP contribution in [0.25, 0.3) is 0 Å². The van der Waals surface area contributed by atoms with E-state index >= 15 is 0 Å². The SMILES string of the molecule is CC(=O)C1C=CN(C(=O)C(C)C)C12COC2.CCC(C)C(=O)N1CC(C(C)=O)C2(CNC2)C1. The zero-order valence-electron chi connectivity index (χ0n) is 20.8. The molecule has 0 aromatic carbocycles. The van der Waals surface area contributed by atoms with Crippen LogP contribution in [0.5, 0.6) is 0 Å². The summed E-state index contributed by atoms with van der Waals surface area (Å²) >= 11 is 0. The lowest BCUT2D eigenvalue weighted by Crippen LogP contribution is -2.65. The molecule has 0 aromatic heterocycles. The second-order valence-electron chi connectivity index (χ2n) is 10.5. The van der Waals surface area contributed by atoms with E-state index in [2.05, 4.69) is 5.32 Å². The van der Waals surface area contributed by atoms with Gasteiger partial charge in [-0.3, -0.25) is 19.2 Å². The fourth-order valence-corrected chi connectivity index (χ4v) is 5.35. The van der Waals surface area contributed by atoms with Gasteiger partial charge in [-0.05, 0) is 20.3 Å². The van der Waals surface area contributed by atoms with Gasteiger partial charge in [0.25, 0.3) is 0 Å². The fourth-order valence-electron chi connectivity index (χ4n) is 5.35. The van der Waals surface area contributed by atoms with Gasteiger partial charge in [-0.25, -0.2) is 0 Å². The monoisotopic (exact) mass is 461 g/mol. The number of ether oxygens (including phenoxy) is 1. The van der Waals surface area contributed by atoms with Crippen molar-refractivity contribution in [2.24, 2.45) is 29.1 Å². The first kappa shape index (κ1) is 25.6. The van der Waals surface area contributed by atoms with Crippen molar-refractivity contribution >= 4 is 23.4 Å². The van der Waals surface area contributed by atoms with E-state index in [-0.39, 0.29) is 52.5 Å². The quantitative estimate of drug-likeness (QED) is 0.669. The van der Waals surface area contributed by atoms with E-state index in [0.29, 0.717) is 19.8 Å². The largest absolute Gasteiger partial charge is 0.376 e. The van der Waals surface area contributed by atoms with Crippen LogP contribution in [-0.4, -0.2) is 78.1 Å². The van der Waals surface area contributed by atoms with Gasteiger partial charge in [-0.1, -0.05) is 33.8 Å². The summed E-state index contributed by atoms with van der Waals surface area (Å²) in [5, 5.41) is 3.24. The summed E-state index contributed by atoms with van der Waals surface area (Å²) in [6.45, 7) is 15.0. The van der Waals surface area contributed by atoms with E-state index in [1.54, 1.807) is 24.9 Å². The highest BCUT2D eigenvalue weighted by Crippen LogP contribution is 2.41. The lowest BCUT2D eigenvalue weighted by atomic mass is 9.71. The standard InChI is InChI=1S/C13H22N2O2.C12H17NO3/c1-4-9(2)12(17)15-5-11(10(3)16)13(8-15)6-14-7-13;1-8(2)11(15)13-5-4-10(9(3)14)12(13)6-16-7-12/h9,11,14H,4-8H2,1-3H3;4-5,8,10H,6-7H2,1-3H3. The Balaban J connectivity index is 0.000000186. The lowest BCUT2D eigenvalue weighted by molar-refractivity contribution is -0.168. The maximum Gasteiger partial charge on any atom is 0.229 e. The van der Waals surface area contributed by atoms with Crippen LogP contribution in [-0.2, 0) is 23.9 Å². The van der Waals surface area contributed by atoms with Crippen molar-refractivity contribution in [2.75, 3.05) is 39.4 Å². The van der Waals surface area contributed by atoms with Gasteiger partial charge in [0.05, 0.1) is 19.1 Å². The maximum absolute atomic E-state index is 12.2. The third-order valence-electron chi connectivity index (χ3n) is 7.80. The Kier molecular flexibility index (Phi) is 7.49. The molecule has 0 bridgehead atoms. The zero-order valence-corrected chi connectivity index (χ0v) is 20.8. The number of rotatable bonds is 5. The minimum Gasteiger partial charge on any atom is -0.376 e. The number of hydrogen-bond donors (Lipinski definition) is 1. The molecule has 8 heteroatoms. The summed E-state index contributed by atoms with van der Waals surface area (Å²) in [5.41, 5.74) is -0.387. The van der Waals surface area contributed by atoms with E-state index < -0.39 is 5.54 Å². The van der Waals surface area contributed by atoms with Crippen LogP contribution >= 0.6 is 0 Å². The summed E-state index contributed by atoms with van der Waals surface area (Å²) in [6.07, 6.45) is 4.44. The molecule has 8 nitrogen and oxygen atoms in total. The summed E-state index contributed by atoms with van der Waals surface area (Å²) in [5.74, 6) is 0.440. The summed E-state index contributed by atoms with van der Waals surface area (Å²) in [4.78, 5) is 51.0. The van der Waals surface area contributed by atoms with Crippen LogP contribution in [0.4, 0.5) is 0 Å². The lowest BCUT2D eigenvalue weighted by Gasteiger charge is -2.48. The normalized spacial score (nSPS) is 27.1. The number of nitrogens with one attached hydrogen (secondary N) is 1. The Bertz CT molecular complexity index is 828. The van der Waals surface area contributed by atoms with Crippen LogP contribution in [0.1, 0.15) is 48.0 Å². The van der Waals surface area contributed by atoms with E-state index in [4.69, 9.17) is 4.74 Å². The average molecular weight is 462 g/mol. The van der Waals surface area contributed by atoms with E-state index in [1.165, 1.54) is 0 Å². The smallest absolute Gasteiger partial charge is 0.229 e. The molecule has 0 aromatic rings.